The summed E-state index contributed by atoms with van der Waals surface area (Å²) in [5.41, 5.74) is 0.589. The van der Waals surface area contributed by atoms with Gasteiger partial charge in [-0.25, -0.2) is 0 Å². The number of hydrogen-bond acceptors (Lipinski definition) is 3. The van der Waals surface area contributed by atoms with Crippen molar-refractivity contribution in [2.75, 3.05) is 40.4 Å². The predicted molar refractivity (Wildman–Crippen MR) is 68.8 cm³/mol. The van der Waals surface area contributed by atoms with Gasteiger partial charge in [0.2, 0.25) is 0 Å². The number of nitrogens with zero attached hydrogens (tertiary/aromatic N) is 1. The molecule has 0 radical (unpaired) electrons. The lowest BCUT2D eigenvalue weighted by Crippen LogP contribution is -2.42. The molecule has 0 aliphatic carbocycles. The summed E-state index contributed by atoms with van der Waals surface area (Å²) >= 11 is 0. The van der Waals surface area contributed by atoms with E-state index in [1.165, 1.54) is 32.4 Å². The highest BCUT2D eigenvalue weighted by Crippen LogP contribution is 2.36. The van der Waals surface area contributed by atoms with Crippen LogP contribution in [-0.2, 0) is 4.74 Å². The molecule has 0 aromatic carbocycles. The van der Waals surface area contributed by atoms with Gasteiger partial charge in [0.1, 0.15) is 0 Å². The van der Waals surface area contributed by atoms with Gasteiger partial charge in [-0.3, -0.25) is 0 Å². The number of rotatable bonds is 7. The molecule has 1 aliphatic heterocycles. The maximum absolute atomic E-state index is 5.22. The third kappa shape index (κ3) is 3.44. The van der Waals surface area contributed by atoms with Crippen molar-refractivity contribution >= 4 is 0 Å². The second-order valence-electron chi connectivity index (χ2n) is 5.13. The maximum Gasteiger partial charge on any atom is 0.0628 e. The van der Waals surface area contributed by atoms with Crippen LogP contribution in [0.4, 0.5) is 0 Å². The van der Waals surface area contributed by atoms with E-state index in [2.05, 4.69) is 24.1 Å². The summed E-state index contributed by atoms with van der Waals surface area (Å²) in [6.07, 6.45) is 3.99. The molecule has 0 amide bonds. The molecule has 16 heavy (non-hydrogen) atoms. The average molecular weight is 228 g/mol. The van der Waals surface area contributed by atoms with Crippen LogP contribution >= 0.6 is 0 Å². The van der Waals surface area contributed by atoms with Crippen LogP contribution in [0.15, 0.2) is 0 Å². The molecule has 0 aromatic rings. The van der Waals surface area contributed by atoms with Crippen molar-refractivity contribution in [2.45, 2.75) is 39.2 Å². The molecule has 3 heteroatoms. The Bertz CT molecular complexity index is 192. The van der Waals surface area contributed by atoms with Crippen LogP contribution in [0.1, 0.15) is 33.1 Å². The van der Waals surface area contributed by atoms with Crippen LogP contribution in [0.3, 0.4) is 0 Å². The van der Waals surface area contributed by atoms with Crippen LogP contribution in [0.25, 0.3) is 0 Å². The summed E-state index contributed by atoms with van der Waals surface area (Å²) in [4.78, 5) is 2.59. The van der Waals surface area contributed by atoms with E-state index in [0.717, 1.165) is 13.2 Å². The molecule has 3 nitrogen and oxygen atoms in total. The fraction of sp³-hybridized carbons (Fsp3) is 1.00. The highest BCUT2D eigenvalue weighted by atomic mass is 16.5. The summed E-state index contributed by atoms with van der Waals surface area (Å²) in [5.74, 6) is 0. The fourth-order valence-corrected chi connectivity index (χ4v) is 2.75. The van der Waals surface area contributed by atoms with Gasteiger partial charge in [-0.1, -0.05) is 13.8 Å². The van der Waals surface area contributed by atoms with Crippen molar-refractivity contribution in [1.29, 1.82) is 0 Å². The maximum atomic E-state index is 5.22. The van der Waals surface area contributed by atoms with Crippen molar-refractivity contribution < 1.29 is 4.74 Å². The van der Waals surface area contributed by atoms with Crippen LogP contribution < -0.4 is 5.32 Å². The van der Waals surface area contributed by atoms with Gasteiger partial charge in [0.25, 0.3) is 0 Å². The molecule has 1 unspecified atom stereocenters. The monoisotopic (exact) mass is 228 g/mol. The Labute approximate surface area is 101 Å². The molecule has 0 aromatic heterocycles. The van der Waals surface area contributed by atoms with E-state index in [4.69, 9.17) is 4.74 Å². The molecular formula is C13H28N2O. The summed E-state index contributed by atoms with van der Waals surface area (Å²) in [5, 5.41) is 3.33. The SMILES string of the molecule is CCC1(CC)CCN(CC(COC)NC)C1. The van der Waals surface area contributed by atoms with Gasteiger partial charge >= 0.3 is 0 Å². The lowest BCUT2D eigenvalue weighted by molar-refractivity contribution is 0.143. The average Bonchev–Trinajstić information content (AvgIpc) is 2.73. The molecule has 0 saturated carbocycles. The number of likely N-dealkylation sites (tertiary alicyclic amines) is 1. The smallest absolute Gasteiger partial charge is 0.0628 e. The summed E-state index contributed by atoms with van der Waals surface area (Å²) in [7, 11) is 3.79. The number of ether oxygens (including phenoxy) is 1. The Kier molecular flexibility index (Phi) is 5.73. The Morgan fingerprint density at radius 1 is 1.38 bits per heavy atom. The number of likely N-dealkylation sites (N-methyl/N-ethyl adjacent to an activating group) is 1. The first-order chi connectivity index (χ1) is 7.69. The van der Waals surface area contributed by atoms with Crippen LogP contribution in [0, 0.1) is 5.41 Å². The third-order valence-corrected chi connectivity index (χ3v) is 4.27. The van der Waals surface area contributed by atoms with Gasteiger partial charge in [-0.2, -0.15) is 0 Å². The quantitative estimate of drug-likeness (QED) is 0.718. The standard InChI is InChI=1S/C13H28N2O/c1-5-13(6-2)7-8-15(11-13)9-12(14-3)10-16-4/h12,14H,5-11H2,1-4H3. The number of hydrogen-bond donors (Lipinski definition) is 1. The molecule has 1 aliphatic rings. The molecule has 1 atom stereocenters. The Hall–Kier alpha value is -0.120. The molecule has 1 saturated heterocycles. The third-order valence-electron chi connectivity index (χ3n) is 4.27. The van der Waals surface area contributed by atoms with E-state index < -0.39 is 0 Å². The number of nitrogens with one attached hydrogen (secondary N) is 1. The second-order valence-corrected chi connectivity index (χ2v) is 5.13. The van der Waals surface area contributed by atoms with Gasteiger partial charge in [0, 0.05) is 26.2 Å². The zero-order valence-electron chi connectivity index (χ0n) is 11.4. The molecule has 1 rings (SSSR count). The van der Waals surface area contributed by atoms with Gasteiger partial charge in [-0.05, 0) is 38.3 Å². The lowest BCUT2D eigenvalue weighted by atomic mass is 9.82. The van der Waals surface area contributed by atoms with Crippen molar-refractivity contribution in [3.05, 3.63) is 0 Å². The minimum atomic E-state index is 0.467. The zero-order chi connectivity index (χ0) is 12.0. The van der Waals surface area contributed by atoms with Crippen molar-refractivity contribution in [3.63, 3.8) is 0 Å². The summed E-state index contributed by atoms with van der Waals surface area (Å²) < 4.78 is 5.22. The minimum absolute atomic E-state index is 0.467. The van der Waals surface area contributed by atoms with Gasteiger partial charge in [0.15, 0.2) is 0 Å². The van der Waals surface area contributed by atoms with Gasteiger partial charge in [0.05, 0.1) is 6.61 Å². The molecule has 0 bridgehead atoms. The van der Waals surface area contributed by atoms with E-state index >= 15 is 0 Å². The topological polar surface area (TPSA) is 24.5 Å². The van der Waals surface area contributed by atoms with E-state index in [9.17, 15) is 0 Å². The highest BCUT2D eigenvalue weighted by molar-refractivity contribution is 4.89. The van der Waals surface area contributed by atoms with Crippen molar-refractivity contribution in [1.82, 2.24) is 10.2 Å². The number of methoxy groups -OCH3 is 1. The van der Waals surface area contributed by atoms with E-state index in [0.29, 0.717) is 11.5 Å². The normalized spacial score (nSPS) is 22.5. The molecule has 96 valence electrons. The first-order valence-corrected chi connectivity index (χ1v) is 6.58. The van der Waals surface area contributed by atoms with E-state index in [-0.39, 0.29) is 0 Å². The van der Waals surface area contributed by atoms with Crippen molar-refractivity contribution in [3.8, 4) is 0 Å². The Morgan fingerprint density at radius 3 is 2.50 bits per heavy atom. The molecule has 1 fully saturated rings. The summed E-state index contributed by atoms with van der Waals surface area (Å²) in [6, 6.07) is 0.467. The van der Waals surface area contributed by atoms with Gasteiger partial charge < -0.3 is 15.0 Å². The zero-order valence-corrected chi connectivity index (χ0v) is 11.4. The van der Waals surface area contributed by atoms with Crippen LogP contribution in [0.2, 0.25) is 0 Å². The van der Waals surface area contributed by atoms with Crippen molar-refractivity contribution in [2.24, 2.45) is 5.41 Å². The summed E-state index contributed by atoms with van der Waals surface area (Å²) in [6.45, 7) is 9.10. The van der Waals surface area contributed by atoms with Gasteiger partial charge in [-0.15, -0.1) is 0 Å². The van der Waals surface area contributed by atoms with E-state index in [1.807, 2.05) is 7.05 Å². The van der Waals surface area contributed by atoms with E-state index in [1.54, 1.807) is 7.11 Å². The largest absolute Gasteiger partial charge is 0.383 e. The Morgan fingerprint density at radius 2 is 2.06 bits per heavy atom. The predicted octanol–water partition coefficient (Wildman–Crippen LogP) is 1.73. The van der Waals surface area contributed by atoms with Crippen LogP contribution in [-0.4, -0.2) is 51.3 Å². The first-order valence-electron chi connectivity index (χ1n) is 6.58. The Balaban J connectivity index is 2.40. The first kappa shape index (κ1) is 13.9. The molecule has 1 heterocycles. The fourth-order valence-electron chi connectivity index (χ4n) is 2.75. The second kappa shape index (κ2) is 6.58. The molecule has 1 N–H and O–H groups in total. The minimum Gasteiger partial charge on any atom is -0.383 e. The lowest BCUT2D eigenvalue weighted by Gasteiger charge is -2.28. The van der Waals surface area contributed by atoms with Crippen LogP contribution in [0.5, 0.6) is 0 Å². The molecular weight excluding hydrogens is 200 g/mol. The highest BCUT2D eigenvalue weighted by Gasteiger charge is 2.35. The molecule has 0 spiro atoms.